The van der Waals surface area contributed by atoms with E-state index >= 15 is 0 Å². The zero-order valence-corrected chi connectivity index (χ0v) is 8.88. The Balaban J connectivity index is 2.51. The van der Waals surface area contributed by atoms with E-state index in [9.17, 15) is 0 Å². The zero-order chi connectivity index (χ0) is 9.68. The summed E-state index contributed by atoms with van der Waals surface area (Å²) in [6, 6.07) is 0.554. The quantitative estimate of drug-likeness (QED) is 0.675. The van der Waals surface area contributed by atoms with Gasteiger partial charge < -0.3 is 14.8 Å². The van der Waals surface area contributed by atoms with Crippen LogP contribution in [0.1, 0.15) is 25.7 Å². The lowest BCUT2D eigenvalue weighted by Gasteiger charge is -2.35. The van der Waals surface area contributed by atoms with Gasteiger partial charge in [0.1, 0.15) is 0 Å². The summed E-state index contributed by atoms with van der Waals surface area (Å²) < 4.78 is 10.6. The molecule has 1 aliphatic rings. The average molecular weight is 187 g/mol. The van der Waals surface area contributed by atoms with Gasteiger partial charge in [-0.15, -0.1) is 0 Å². The maximum atomic E-state index is 5.31. The van der Waals surface area contributed by atoms with Gasteiger partial charge in [0.15, 0.2) is 6.29 Å². The highest BCUT2D eigenvalue weighted by Crippen LogP contribution is 2.28. The van der Waals surface area contributed by atoms with E-state index in [0.29, 0.717) is 12.0 Å². The van der Waals surface area contributed by atoms with Gasteiger partial charge >= 0.3 is 0 Å². The first-order valence-electron chi connectivity index (χ1n) is 5.06. The SMILES string of the molecule is CNC1CCCCC1C(OC)OC. The number of hydrogen-bond acceptors (Lipinski definition) is 3. The molecule has 0 aromatic heterocycles. The molecule has 1 fully saturated rings. The molecule has 0 aliphatic heterocycles. The van der Waals surface area contributed by atoms with Gasteiger partial charge in [-0.05, 0) is 19.9 Å². The minimum atomic E-state index is -0.0438. The van der Waals surface area contributed by atoms with Crippen molar-refractivity contribution < 1.29 is 9.47 Å². The average Bonchev–Trinajstić information content (AvgIpc) is 2.20. The van der Waals surface area contributed by atoms with Crippen molar-refractivity contribution in [2.24, 2.45) is 5.92 Å². The Hall–Kier alpha value is -0.120. The summed E-state index contributed by atoms with van der Waals surface area (Å²) in [5.41, 5.74) is 0. The number of rotatable bonds is 4. The molecule has 1 saturated carbocycles. The highest BCUT2D eigenvalue weighted by Gasteiger charge is 2.30. The molecule has 3 heteroatoms. The summed E-state index contributed by atoms with van der Waals surface area (Å²) in [6.45, 7) is 0. The second-order valence-corrected chi connectivity index (χ2v) is 3.68. The lowest BCUT2D eigenvalue weighted by Crippen LogP contribution is -2.43. The van der Waals surface area contributed by atoms with E-state index in [1.165, 1.54) is 25.7 Å². The van der Waals surface area contributed by atoms with Crippen LogP contribution >= 0.6 is 0 Å². The number of hydrogen-bond donors (Lipinski definition) is 1. The predicted octanol–water partition coefficient (Wildman–Crippen LogP) is 1.38. The maximum absolute atomic E-state index is 5.31. The number of ether oxygens (including phenoxy) is 2. The van der Waals surface area contributed by atoms with Crippen LogP contribution < -0.4 is 5.32 Å². The first-order chi connectivity index (χ1) is 6.33. The molecule has 0 saturated heterocycles. The van der Waals surface area contributed by atoms with Gasteiger partial charge in [-0.1, -0.05) is 12.8 Å². The van der Waals surface area contributed by atoms with Crippen molar-refractivity contribution in [3.63, 3.8) is 0 Å². The second kappa shape index (κ2) is 5.58. The first-order valence-corrected chi connectivity index (χ1v) is 5.06. The van der Waals surface area contributed by atoms with Crippen LogP contribution in [0, 0.1) is 5.92 Å². The number of methoxy groups -OCH3 is 2. The molecular formula is C10H21NO2. The highest BCUT2D eigenvalue weighted by atomic mass is 16.7. The summed E-state index contributed by atoms with van der Waals surface area (Å²) in [5.74, 6) is 0.508. The van der Waals surface area contributed by atoms with Gasteiger partial charge in [0.25, 0.3) is 0 Å². The molecule has 1 rings (SSSR count). The van der Waals surface area contributed by atoms with E-state index < -0.39 is 0 Å². The Labute approximate surface area is 80.8 Å². The third-order valence-electron chi connectivity index (χ3n) is 3.00. The van der Waals surface area contributed by atoms with Gasteiger partial charge in [-0.2, -0.15) is 0 Å². The molecule has 78 valence electrons. The Morgan fingerprint density at radius 1 is 1.15 bits per heavy atom. The largest absolute Gasteiger partial charge is 0.356 e. The first kappa shape index (κ1) is 11.0. The minimum Gasteiger partial charge on any atom is -0.356 e. The molecule has 0 aromatic carbocycles. The predicted molar refractivity (Wildman–Crippen MR) is 52.6 cm³/mol. The monoisotopic (exact) mass is 187 g/mol. The van der Waals surface area contributed by atoms with E-state index in [2.05, 4.69) is 5.32 Å². The summed E-state index contributed by atoms with van der Waals surface area (Å²) in [4.78, 5) is 0. The van der Waals surface area contributed by atoms with Crippen molar-refractivity contribution in [1.82, 2.24) is 5.32 Å². The van der Waals surface area contributed by atoms with E-state index in [-0.39, 0.29) is 6.29 Å². The second-order valence-electron chi connectivity index (χ2n) is 3.68. The minimum absolute atomic E-state index is 0.0438. The fraction of sp³-hybridized carbons (Fsp3) is 1.00. The fourth-order valence-corrected chi connectivity index (χ4v) is 2.29. The van der Waals surface area contributed by atoms with Crippen molar-refractivity contribution in [2.45, 2.75) is 38.0 Å². The summed E-state index contributed by atoms with van der Waals surface area (Å²) in [5, 5.41) is 3.34. The molecule has 0 radical (unpaired) electrons. The van der Waals surface area contributed by atoms with Crippen LogP contribution in [0.4, 0.5) is 0 Å². The molecule has 13 heavy (non-hydrogen) atoms. The van der Waals surface area contributed by atoms with Gasteiger partial charge in [0.2, 0.25) is 0 Å². The van der Waals surface area contributed by atoms with Crippen molar-refractivity contribution >= 4 is 0 Å². The van der Waals surface area contributed by atoms with Crippen molar-refractivity contribution in [2.75, 3.05) is 21.3 Å². The summed E-state index contributed by atoms with van der Waals surface area (Å²) in [7, 11) is 5.45. The maximum Gasteiger partial charge on any atom is 0.161 e. The molecule has 0 spiro atoms. The molecule has 0 bridgehead atoms. The summed E-state index contributed by atoms with van der Waals surface area (Å²) in [6.07, 6.45) is 5.02. The molecule has 0 aromatic rings. The molecule has 0 amide bonds. The van der Waals surface area contributed by atoms with Gasteiger partial charge in [-0.25, -0.2) is 0 Å². The van der Waals surface area contributed by atoms with E-state index in [0.717, 1.165) is 0 Å². The summed E-state index contributed by atoms with van der Waals surface area (Å²) >= 11 is 0. The van der Waals surface area contributed by atoms with Gasteiger partial charge in [-0.3, -0.25) is 0 Å². The van der Waals surface area contributed by atoms with Crippen LogP contribution in [0.2, 0.25) is 0 Å². The lowest BCUT2D eigenvalue weighted by atomic mass is 9.84. The van der Waals surface area contributed by atoms with Crippen LogP contribution in [0.15, 0.2) is 0 Å². The third kappa shape index (κ3) is 2.66. The topological polar surface area (TPSA) is 30.5 Å². The van der Waals surface area contributed by atoms with Crippen molar-refractivity contribution in [1.29, 1.82) is 0 Å². The molecule has 1 N–H and O–H groups in total. The van der Waals surface area contributed by atoms with Crippen molar-refractivity contribution in [3.05, 3.63) is 0 Å². The lowest BCUT2D eigenvalue weighted by molar-refractivity contribution is -0.149. The van der Waals surface area contributed by atoms with Crippen LogP contribution in [0.25, 0.3) is 0 Å². The van der Waals surface area contributed by atoms with Crippen LogP contribution in [-0.4, -0.2) is 33.6 Å². The molecule has 0 heterocycles. The van der Waals surface area contributed by atoms with Crippen molar-refractivity contribution in [3.8, 4) is 0 Å². The highest BCUT2D eigenvalue weighted by molar-refractivity contribution is 4.81. The zero-order valence-electron chi connectivity index (χ0n) is 8.88. The Morgan fingerprint density at radius 2 is 1.77 bits per heavy atom. The molecule has 1 aliphatic carbocycles. The van der Waals surface area contributed by atoms with Crippen LogP contribution in [0.3, 0.4) is 0 Å². The Kier molecular flexibility index (Phi) is 4.70. The molecule has 2 atom stereocenters. The van der Waals surface area contributed by atoms with E-state index in [1.807, 2.05) is 7.05 Å². The number of nitrogens with one attached hydrogen (secondary N) is 1. The van der Waals surface area contributed by atoms with Gasteiger partial charge in [0.05, 0.1) is 0 Å². The molecule has 2 unspecified atom stereocenters. The standard InChI is InChI=1S/C10H21NO2/c1-11-9-7-5-4-6-8(9)10(12-2)13-3/h8-11H,4-7H2,1-3H3. The Bertz CT molecular complexity index is 129. The fourth-order valence-electron chi connectivity index (χ4n) is 2.29. The van der Waals surface area contributed by atoms with E-state index in [1.54, 1.807) is 14.2 Å². The smallest absolute Gasteiger partial charge is 0.161 e. The van der Waals surface area contributed by atoms with E-state index in [4.69, 9.17) is 9.47 Å². The third-order valence-corrected chi connectivity index (χ3v) is 3.00. The molecular weight excluding hydrogens is 166 g/mol. The normalized spacial score (nSPS) is 29.5. The van der Waals surface area contributed by atoms with Crippen LogP contribution in [0.5, 0.6) is 0 Å². The van der Waals surface area contributed by atoms with Crippen LogP contribution in [-0.2, 0) is 9.47 Å². The van der Waals surface area contributed by atoms with Gasteiger partial charge in [0, 0.05) is 26.2 Å². The Morgan fingerprint density at radius 3 is 2.31 bits per heavy atom. The molecule has 3 nitrogen and oxygen atoms in total.